The maximum atomic E-state index is 12.8. The van der Waals surface area contributed by atoms with Crippen LogP contribution in [0.3, 0.4) is 0 Å². The number of nitrogens with zero attached hydrogens (tertiary/aromatic N) is 3. The van der Waals surface area contributed by atoms with E-state index < -0.39 is 35.2 Å². The van der Waals surface area contributed by atoms with Gasteiger partial charge in [0, 0.05) is 13.6 Å². The second-order valence-electron chi connectivity index (χ2n) is 7.92. The summed E-state index contributed by atoms with van der Waals surface area (Å²) in [4.78, 5) is 49.2. The van der Waals surface area contributed by atoms with Crippen molar-refractivity contribution in [3.63, 3.8) is 0 Å². The van der Waals surface area contributed by atoms with E-state index in [0.717, 1.165) is 41.1 Å². The minimum Gasteiger partial charge on any atom is -0.388 e. The summed E-state index contributed by atoms with van der Waals surface area (Å²) < 4.78 is 1.65. The van der Waals surface area contributed by atoms with E-state index in [-0.39, 0.29) is 22.8 Å². The van der Waals surface area contributed by atoms with Crippen LogP contribution in [0.5, 0.6) is 0 Å². The minimum atomic E-state index is -0.954. The summed E-state index contributed by atoms with van der Waals surface area (Å²) in [6, 6.07) is 4.29. The van der Waals surface area contributed by atoms with Gasteiger partial charge in [0.1, 0.15) is 12.7 Å². The topological polar surface area (TPSA) is 135 Å². The molecule has 11 heteroatoms. The SMILES string of the molecule is CNC(=O)Cn1c(=O)cnn(-c2ccc(Cl)c(C(=O)NCC3(O)CCCCCC3)c2)c1=O. The first kappa shape index (κ1) is 23.7. The molecule has 0 aliphatic heterocycles. The Balaban J connectivity index is 1.86. The molecular weight excluding hydrogens is 438 g/mol. The number of halogens is 1. The van der Waals surface area contributed by atoms with Crippen LogP contribution in [-0.4, -0.2) is 50.5 Å². The molecule has 10 nitrogen and oxygen atoms in total. The Bertz CT molecular complexity index is 1120. The van der Waals surface area contributed by atoms with Gasteiger partial charge >= 0.3 is 5.69 Å². The van der Waals surface area contributed by atoms with Crippen molar-refractivity contribution in [3.8, 4) is 5.69 Å². The molecule has 0 bridgehead atoms. The lowest BCUT2D eigenvalue weighted by Crippen LogP contribution is -2.43. The third-order valence-corrected chi connectivity index (χ3v) is 5.92. The van der Waals surface area contributed by atoms with Gasteiger partial charge in [0.25, 0.3) is 11.5 Å². The van der Waals surface area contributed by atoms with Crippen molar-refractivity contribution in [2.45, 2.75) is 50.7 Å². The van der Waals surface area contributed by atoms with Gasteiger partial charge in [-0.3, -0.25) is 14.4 Å². The van der Waals surface area contributed by atoms with Gasteiger partial charge in [-0.15, -0.1) is 0 Å². The van der Waals surface area contributed by atoms with Crippen LogP contribution in [0.1, 0.15) is 48.9 Å². The second kappa shape index (κ2) is 10.1. The molecule has 3 N–H and O–H groups in total. The van der Waals surface area contributed by atoms with E-state index in [0.29, 0.717) is 12.8 Å². The average Bonchev–Trinajstić information content (AvgIpc) is 3.00. The molecule has 0 saturated heterocycles. The van der Waals surface area contributed by atoms with Gasteiger partial charge in [-0.25, -0.2) is 9.36 Å². The molecule has 3 rings (SSSR count). The first-order valence-electron chi connectivity index (χ1n) is 10.4. The molecule has 1 heterocycles. The number of aromatic nitrogens is 3. The van der Waals surface area contributed by atoms with Crippen LogP contribution < -0.4 is 21.9 Å². The van der Waals surface area contributed by atoms with E-state index in [4.69, 9.17) is 11.6 Å². The van der Waals surface area contributed by atoms with Crippen LogP contribution in [0.4, 0.5) is 0 Å². The molecule has 0 spiro atoms. The highest BCUT2D eigenvalue weighted by Crippen LogP contribution is 2.26. The predicted octanol–water partition coefficient (Wildman–Crippen LogP) is 0.609. The van der Waals surface area contributed by atoms with Gasteiger partial charge in [0.15, 0.2) is 0 Å². The van der Waals surface area contributed by atoms with Crippen LogP contribution in [0.25, 0.3) is 5.69 Å². The smallest absolute Gasteiger partial charge is 0.352 e. The van der Waals surface area contributed by atoms with Crippen molar-refractivity contribution in [3.05, 3.63) is 55.8 Å². The van der Waals surface area contributed by atoms with Gasteiger partial charge in [0.05, 0.1) is 21.9 Å². The number of nitrogens with one attached hydrogen (secondary N) is 2. The van der Waals surface area contributed by atoms with Gasteiger partial charge in [-0.1, -0.05) is 37.3 Å². The summed E-state index contributed by atoms with van der Waals surface area (Å²) in [6.45, 7) is -0.363. The lowest BCUT2D eigenvalue weighted by molar-refractivity contribution is -0.121. The molecule has 1 fully saturated rings. The number of amides is 2. The zero-order chi connectivity index (χ0) is 23.3. The Labute approximate surface area is 189 Å². The number of carbonyl (C=O) groups is 2. The lowest BCUT2D eigenvalue weighted by Gasteiger charge is -2.26. The molecule has 1 aliphatic carbocycles. The van der Waals surface area contributed by atoms with Gasteiger partial charge < -0.3 is 15.7 Å². The molecule has 1 aromatic carbocycles. The number of benzene rings is 1. The van der Waals surface area contributed by atoms with Crippen molar-refractivity contribution in [2.24, 2.45) is 0 Å². The summed E-state index contributed by atoms with van der Waals surface area (Å²) >= 11 is 6.21. The van der Waals surface area contributed by atoms with Crippen LogP contribution in [0, 0.1) is 0 Å². The summed E-state index contributed by atoms with van der Waals surface area (Å²) in [7, 11) is 1.39. The highest BCUT2D eigenvalue weighted by atomic mass is 35.5. The lowest BCUT2D eigenvalue weighted by atomic mass is 9.94. The molecular formula is C21H26ClN5O5. The molecule has 1 saturated carbocycles. The number of hydrogen-bond donors (Lipinski definition) is 3. The fourth-order valence-corrected chi connectivity index (χ4v) is 3.91. The zero-order valence-electron chi connectivity index (χ0n) is 17.8. The van der Waals surface area contributed by atoms with Crippen molar-refractivity contribution in [1.29, 1.82) is 0 Å². The third-order valence-electron chi connectivity index (χ3n) is 5.59. The summed E-state index contributed by atoms with van der Waals surface area (Å²) in [6.07, 6.45) is 6.09. The maximum absolute atomic E-state index is 12.8. The first-order valence-corrected chi connectivity index (χ1v) is 10.8. The number of rotatable bonds is 6. The van der Waals surface area contributed by atoms with Gasteiger partial charge in [0.2, 0.25) is 5.91 Å². The normalized spacial score (nSPS) is 15.6. The van der Waals surface area contributed by atoms with Crippen molar-refractivity contribution in [1.82, 2.24) is 25.0 Å². The van der Waals surface area contributed by atoms with E-state index in [1.807, 2.05) is 0 Å². The molecule has 32 heavy (non-hydrogen) atoms. The fraction of sp³-hybridized carbons (Fsp3) is 0.476. The quantitative estimate of drug-likeness (QED) is 0.537. The Morgan fingerprint density at radius 1 is 1.19 bits per heavy atom. The third kappa shape index (κ3) is 5.43. The molecule has 1 aromatic heterocycles. The Hall–Kier alpha value is -2.98. The molecule has 2 aromatic rings. The van der Waals surface area contributed by atoms with Crippen LogP contribution >= 0.6 is 11.6 Å². The van der Waals surface area contributed by atoms with Gasteiger partial charge in [-0.05, 0) is 31.0 Å². The standard InChI is InChI=1S/C21H26ClN5O5/c1-23-17(28)12-26-18(29)11-25-27(20(26)31)14-6-7-16(22)15(10-14)19(30)24-13-21(32)8-4-2-3-5-9-21/h6-7,10-11,32H,2-5,8-9,12-13H2,1H3,(H,23,28)(H,24,30). The number of likely N-dealkylation sites (N-methyl/N-ethyl adjacent to an activating group) is 1. The number of hydrogen-bond acceptors (Lipinski definition) is 6. The highest BCUT2D eigenvalue weighted by molar-refractivity contribution is 6.33. The highest BCUT2D eigenvalue weighted by Gasteiger charge is 2.29. The Kier molecular flexibility index (Phi) is 7.47. The molecule has 172 valence electrons. The van der Waals surface area contributed by atoms with Crippen molar-refractivity contribution >= 4 is 23.4 Å². The number of carbonyl (C=O) groups excluding carboxylic acids is 2. The molecule has 0 unspecified atom stereocenters. The van der Waals surface area contributed by atoms with Crippen molar-refractivity contribution < 1.29 is 14.7 Å². The van der Waals surface area contributed by atoms with E-state index in [9.17, 15) is 24.3 Å². The first-order chi connectivity index (χ1) is 15.2. The zero-order valence-corrected chi connectivity index (χ0v) is 18.5. The van der Waals surface area contributed by atoms with Gasteiger partial charge in [-0.2, -0.15) is 9.78 Å². The van der Waals surface area contributed by atoms with Crippen LogP contribution in [0.15, 0.2) is 34.0 Å². The van der Waals surface area contributed by atoms with Crippen LogP contribution in [0.2, 0.25) is 5.02 Å². The summed E-state index contributed by atoms with van der Waals surface area (Å²) in [5, 5.41) is 19.8. The predicted molar refractivity (Wildman–Crippen MR) is 118 cm³/mol. The molecule has 2 amide bonds. The maximum Gasteiger partial charge on any atom is 0.352 e. The van der Waals surface area contributed by atoms with E-state index in [1.54, 1.807) is 0 Å². The monoisotopic (exact) mass is 463 g/mol. The summed E-state index contributed by atoms with van der Waals surface area (Å²) in [5.41, 5.74) is -2.21. The van der Waals surface area contributed by atoms with Crippen LogP contribution in [-0.2, 0) is 11.3 Å². The van der Waals surface area contributed by atoms with E-state index in [1.165, 1.54) is 25.2 Å². The summed E-state index contributed by atoms with van der Waals surface area (Å²) in [5.74, 6) is -1.02. The molecule has 1 aliphatic rings. The fourth-order valence-electron chi connectivity index (χ4n) is 3.70. The largest absolute Gasteiger partial charge is 0.388 e. The second-order valence-corrected chi connectivity index (χ2v) is 8.33. The molecule has 0 atom stereocenters. The number of aliphatic hydroxyl groups is 1. The Morgan fingerprint density at radius 3 is 2.53 bits per heavy atom. The average molecular weight is 464 g/mol. The minimum absolute atomic E-state index is 0.0964. The van der Waals surface area contributed by atoms with E-state index in [2.05, 4.69) is 15.7 Å². The van der Waals surface area contributed by atoms with E-state index >= 15 is 0 Å². The van der Waals surface area contributed by atoms with Crippen molar-refractivity contribution in [2.75, 3.05) is 13.6 Å². The molecule has 0 radical (unpaired) electrons. The Morgan fingerprint density at radius 2 is 1.88 bits per heavy atom.